The molecule has 0 saturated carbocycles. The Kier molecular flexibility index (Phi) is 3.44. The molecular formula is C15H17NO2S. The van der Waals surface area contributed by atoms with E-state index in [1.165, 1.54) is 10.4 Å². The summed E-state index contributed by atoms with van der Waals surface area (Å²) in [6.45, 7) is 2.69. The zero-order chi connectivity index (χ0) is 13.2. The topological polar surface area (TPSA) is 30.5 Å². The van der Waals surface area contributed by atoms with Crippen LogP contribution in [-0.4, -0.2) is 19.8 Å². The standard InChI is InChI=1S/C15H17NO2S/c1-10-7-11(9-19-10)15(16-2)14-8-17-12-5-3-4-6-13(12)18-14/h3-7,9,14-16H,8H2,1-2H3. The van der Waals surface area contributed by atoms with Gasteiger partial charge in [0.25, 0.3) is 0 Å². The molecular weight excluding hydrogens is 258 g/mol. The molecule has 2 aromatic rings. The monoisotopic (exact) mass is 275 g/mol. The largest absolute Gasteiger partial charge is 0.486 e. The summed E-state index contributed by atoms with van der Waals surface area (Å²) < 4.78 is 11.9. The number of aryl methyl sites for hydroxylation is 1. The van der Waals surface area contributed by atoms with Crippen molar-refractivity contribution in [2.75, 3.05) is 13.7 Å². The van der Waals surface area contributed by atoms with Gasteiger partial charge in [-0.3, -0.25) is 0 Å². The van der Waals surface area contributed by atoms with E-state index in [-0.39, 0.29) is 12.1 Å². The molecule has 19 heavy (non-hydrogen) atoms. The molecule has 1 N–H and O–H groups in total. The van der Waals surface area contributed by atoms with E-state index < -0.39 is 0 Å². The summed E-state index contributed by atoms with van der Waals surface area (Å²) in [7, 11) is 1.96. The van der Waals surface area contributed by atoms with Crippen LogP contribution in [0.15, 0.2) is 35.7 Å². The Morgan fingerprint density at radius 3 is 2.79 bits per heavy atom. The lowest BCUT2D eigenvalue weighted by molar-refractivity contribution is 0.0639. The van der Waals surface area contributed by atoms with E-state index in [1.54, 1.807) is 11.3 Å². The van der Waals surface area contributed by atoms with Crippen molar-refractivity contribution in [3.8, 4) is 11.5 Å². The second kappa shape index (κ2) is 5.23. The van der Waals surface area contributed by atoms with Crippen LogP contribution in [0, 0.1) is 6.92 Å². The number of hydrogen-bond acceptors (Lipinski definition) is 4. The van der Waals surface area contributed by atoms with Gasteiger partial charge in [0.1, 0.15) is 6.61 Å². The molecule has 1 aliphatic rings. The Morgan fingerprint density at radius 2 is 2.11 bits per heavy atom. The van der Waals surface area contributed by atoms with Gasteiger partial charge in [-0.25, -0.2) is 0 Å². The maximum atomic E-state index is 6.07. The average molecular weight is 275 g/mol. The molecule has 0 saturated heterocycles. The molecule has 1 aromatic heterocycles. The number of hydrogen-bond donors (Lipinski definition) is 1. The normalized spacial score (nSPS) is 19.2. The van der Waals surface area contributed by atoms with E-state index in [1.807, 2.05) is 31.3 Å². The minimum atomic E-state index is -0.00565. The first-order valence-corrected chi connectivity index (χ1v) is 7.26. The van der Waals surface area contributed by atoms with Crippen LogP contribution < -0.4 is 14.8 Å². The number of fused-ring (bicyclic) bond motifs is 1. The van der Waals surface area contributed by atoms with Crippen molar-refractivity contribution in [2.45, 2.75) is 19.1 Å². The molecule has 2 heterocycles. The first-order chi connectivity index (χ1) is 9.28. The number of thiophene rings is 1. The van der Waals surface area contributed by atoms with E-state index in [4.69, 9.17) is 9.47 Å². The van der Waals surface area contributed by atoms with Crippen LogP contribution in [0.1, 0.15) is 16.5 Å². The number of likely N-dealkylation sites (N-methyl/N-ethyl adjacent to an activating group) is 1. The number of para-hydroxylation sites is 2. The third-order valence-corrected chi connectivity index (χ3v) is 4.20. The highest BCUT2D eigenvalue weighted by Crippen LogP contribution is 2.34. The lowest BCUT2D eigenvalue weighted by Gasteiger charge is -2.31. The van der Waals surface area contributed by atoms with Gasteiger partial charge in [0, 0.05) is 4.88 Å². The molecule has 0 spiro atoms. The Labute approximate surface area is 117 Å². The average Bonchev–Trinajstić information content (AvgIpc) is 2.86. The van der Waals surface area contributed by atoms with Gasteiger partial charge >= 0.3 is 0 Å². The highest BCUT2D eigenvalue weighted by Gasteiger charge is 2.29. The molecule has 0 amide bonds. The summed E-state index contributed by atoms with van der Waals surface area (Å²) >= 11 is 1.76. The predicted molar refractivity (Wildman–Crippen MR) is 77.2 cm³/mol. The minimum Gasteiger partial charge on any atom is -0.486 e. The van der Waals surface area contributed by atoms with Crippen LogP contribution in [0.25, 0.3) is 0 Å². The van der Waals surface area contributed by atoms with Crippen molar-refractivity contribution in [1.82, 2.24) is 5.32 Å². The summed E-state index contributed by atoms with van der Waals surface area (Å²) in [6.07, 6.45) is -0.00565. The lowest BCUT2D eigenvalue weighted by atomic mass is 10.0. The molecule has 2 unspecified atom stereocenters. The van der Waals surface area contributed by atoms with Gasteiger partial charge in [0.2, 0.25) is 0 Å². The number of benzene rings is 1. The van der Waals surface area contributed by atoms with Crippen LogP contribution in [-0.2, 0) is 0 Å². The zero-order valence-corrected chi connectivity index (χ0v) is 11.9. The first kappa shape index (κ1) is 12.5. The highest BCUT2D eigenvalue weighted by molar-refractivity contribution is 7.10. The molecule has 3 nitrogen and oxygen atoms in total. The summed E-state index contributed by atoms with van der Waals surface area (Å²) in [6, 6.07) is 10.2. The Bertz CT molecular complexity index is 567. The van der Waals surface area contributed by atoms with Crippen LogP contribution in [0.2, 0.25) is 0 Å². The number of rotatable bonds is 3. The van der Waals surface area contributed by atoms with Gasteiger partial charge < -0.3 is 14.8 Å². The van der Waals surface area contributed by atoms with Gasteiger partial charge in [-0.1, -0.05) is 12.1 Å². The Hall–Kier alpha value is -1.52. The van der Waals surface area contributed by atoms with Crippen molar-refractivity contribution in [3.05, 3.63) is 46.2 Å². The van der Waals surface area contributed by atoms with Crippen molar-refractivity contribution < 1.29 is 9.47 Å². The second-order valence-electron chi connectivity index (χ2n) is 4.67. The van der Waals surface area contributed by atoms with E-state index in [9.17, 15) is 0 Å². The van der Waals surface area contributed by atoms with Crippen molar-refractivity contribution >= 4 is 11.3 Å². The Balaban J connectivity index is 1.83. The van der Waals surface area contributed by atoms with Crippen molar-refractivity contribution in [3.63, 3.8) is 0 Å². The molecule has 0 aliphatic carbocycles. The SMILES string of the molecule is CNC(c1csc(C)c1)C1COc2ccccc2O1. The summed E-state index contributed by atoms with van der Waals surface area (Å²) in [5.74, 6) is 1.65. The van der Waals surface area contributed by atoms with Crippen molar-refractivity contribution in [1.29, 1.82) is 0 Å². The molecule has 100 valence electrons. The molecule has 0 radical (unpaired) electrons. The quantitative estimate of drug-likeness (QED) is 0.933. The molecule has 1 aromatic carbocycles. The van der Waals surface area contributed by atoms with Crippen molar-refractivity contribution in [2.24, 2.45) is 0 Å². The highest BCUT2D eigenvalue weighted by atomic mass is 32.1. The van der Waals surface area contributed by atoms with Crippen LogP contribution in [0.5, 0.6) is 11.5 Å². The van der Waals surface area contributed by atoms with Gasteiger partial charge in [-0.05, 0) is 43.1 Å². The van der Waals surface area contributed by atoms with E-state index in [0.717, 1.165) is 11.5 Å². The fraction of sp³-hybridized carbons (Fsp3) is 0.333. The summed E-state index contributed by atoms with van der Waals surface area (Å²) in [5.41, 5.74) is 1.26. The molecule has 2 atom stereocenters. The molecule has 4 heteroatoms. The predicted octanol–water partition coefficient (Wildman–Crippen LogP) is 3.16. The van der Waals surface area contributed by atoms with Gasteiger partial charge in [-0.2, -0.15) is 0 Å². The molecule has 1 aliphatic heterocycles. The molecule has 3 rings (SSSR count). The third-order valence-electron chi connectivity index (χ3n) is 3.32. The molecule has 0 bridgehead atoms. The number of nitrogens with one attached hydrogen (secondary N) is 1. The lowest BCUT2D eigenvalue weighted by Crippen LogP contribution is -2.40. The second-order valence-corrected chi connectivity index (χ2v) is 5.79. The summed E-state index contributed by atoms with van der Waals surface area (Å²) in [4.78, 5) is 1.31. The zero-order valence-electron chi connectivity index (χ0n) is 11.1. The fourth-order valence-electron chi connectivity index (χ4n) is 2.39. The maximum absolute atomic E-state index is 6.07. The van der Waals surface area contributed by atoms with Gasteiger partial charge in [0.05, 0.1) is 6.04 Å². The van der Waals surface area contributed by atoms with Crippen LogP contribution >= 0.6 is 11.3 Å². The van der Waals surface area contributed by atoms with Gasteiger partial charge in [0.15, 0.2) is 17.6 Å². The smallest absolute Gasteiger partial charge is 0.161 e. The maximum Gasteiger partial charge on any atom is 0.161 e. The first-order valence-electron chi connectivity index (χ1n) is 6.38. The summed E-state index contributed by atoms with van der Waals surface area (Å²) in [5, 5.41) is 5.51. The third kappa shape index (κ3) is 2.46. The van der Waals surface area contributed by atoms with E-state index >= 15 is 0 Å². The van der Waals surface area contributed by atoms with Crippen LogP contribution in [0.4, 0.5) is 0 Å². The fourth-order valence-corrected chi connectivity index (χ4v) is 3.13. The van der Waals surface area contributed by atoms with E-state index in [0.29, 0.717) is 6.61 Å². The molecule has 0 fully saturated rings. The van der Waals surface area contributed by atoms with Gasteiger partial charge in [-0.15, -0.1) is 11.3 Å². The number of ether oxygens (including phenoxy) is 2. The van der Waals surface area contributed by atoms with E-state index in [2.05, 4.69) is 23.7 Å². The van der Waals surface area contributed by atoms with Crippen LogP contribution in [0.3, 0.4) is 0 Å². The Morgan fingerprint density at radius 1 is 1.32 bits per heavy atom. The minimum absolute atomic E-state index is 0.00565.